The lowest BCUT2D eigenvalue weighted by Gasteiger charge is -2.26. The van der Waals surface area contributed by atoms with E-state index in [2.05, 4.69) is 25.1 Å². The zero-order chi connectivity index (χ0) is 15.5. The molecule has 1 aliphatic carbocycles. The fourth-order valence-electron chi connectivity index (χ4n) is 3.83. The van der Waals surface area contributed by atoms with Crippen LogP contribution in [0, 0.1) is 5.92 Å². The summed E-state index contributed by atoms with van der Waals surface area (Å²) in [6, 6.07) is 6.79. The Hall–Kier alpha value is -1.35. The lowest BCUT2D eigenvalue weighted by Crippen LogP contribution is -2.35. The van der Waals surface area contributed by atoms with Crippen molar-refractivity contribution >= 4 is 11.6 Å². The van der Waals surface area contributed by atoms with Gasteiger partial charge in [0.05, 0.1) is 0 Å². The van der Waals surface area contributed by atoms with Gasteiger partial charge in [0.2, 0.25) is 5.91 Å². The first kappa shape index (κ1) is 15.5. The second-order valence-electron chi connectivity index (χ2n) is 6.91. The van der Waals surface area contributed by atoms with Crippen LogP contribution in [0.3, 0.4) is 0 Å². The molecule has 1 aliphatic heterocycles. The van der Waals surface area contributed by atoms with Gasteiger partial charge in [0, 0.05) is 24.2 Å². The first-order valence-electron chi connectivity index (χ1n) is 8.87. The van der Waals surface area contributed by atoms with Crippen molar-refractivity contribution in [3.63, 3.8) is 0 Å². The number of benzene rings is 1. The molecule has 1 aromatic rings. The monoisotopic (exact) mass is 300 g/mol. The molecule has 3 heteroatoms. The zero-order valence-electron chi connectivity index (χ0n) is 13.7. The Kier molecular flexibility index (Phi) is 4.82. The third-order valence-electron chi connectivity index (χ3n) is 5.28. The zero-order valence-corrected chi connectivity index (χ0v) is 13.7. The summed E-state index contributed by atoms with van der Waals surface area (Å²) in [5, 5.41) is 0. The maximum absolute atomic E-state index is 12.8. The Morgan fingerprint density at radius 3 is 2.82 bits per heavy atom. The lowest BCUT2D eigenvalue weighted by molar-refractivity contribution is -0.123. The molecule has 3 nitrogen and oxygen atoms in total. The SMILES string of the molecule is CCC(N)Cc1ccc2c(c1)CCN2C(=O)C1CCCCC1. The van der Waals surface area contributed by atoms with Gasteiger partial charge in [-0.3, -0.25) is 4.79 Å². The van der Waals surface area contributed by atoms with E-state index >= 15 is 0 Å². The van der Waals surface area contributed by atoms with E-state index in [4.69, 9.17) is 5.73 Å². The van der Waals surface area contributed by atoms with Crippen LogP contribution < -0.4 is 10.6 Å². The summed E-state index contributed by atoms with van der Waals surface area (Å²) in [5.41, 5.74) is 9.83. The van der Waals surface area contributed by atoms with Crippen molar-refractivity contribution in [2.45, 2.75) is 64.3 Å². The van der Waals surface area contributed by atoms with E-state index in [-0.39, 0.29) is 12.0 Å². The summed E-state index contributed by atoms with van der Waals surface area (Å²) in [5.74, 6) is 0.615. The molecule has 22 heavy (non-hydrogen) atoms. The van der Waals surface area contributed by atoms with Gasteiger partial charge >= 0.3 is 0 Å². The Labute approximate surface area is 133 Å². The van der Waals surface area contributed by atoms with Gasteiger partial charge in [0.1, 0.15) is 0 Å². The summed E-state index contributed by atoms with van der Waals surface area (Å²) >= 11 is 0. The van der Waals surface area contributed by atoms with Gasteiger partial charge in [-0.05, 0) is 49.3 Å². The van der Waals surface area contributed by atoms with Crippen LogP contribution in [-0.4, -0.2) is 18.5 Å². The molecular weight excluding hydrogens is 272 g/mol. The van der Waals surface area contributed by atoms with Gasteiger partial charge in [-0.15, -0.1) is 0 Å². The van der Waals surface area contributed by atoms with Crippen LogP contribution in [-0.2, 0) is 17.6 Å². The van der Waals surface area contributed by atoms with Crippen molar-refractivity contribution in [2.24, 2.45) is 11.7 Å². The molecule has 0 radical (unpaired) electrons. The van der Waals surface area contributed by atoms with Crippen molar-refractivity contribution in [3.8, 4) is 0 Å². The highest BCUT2D eigenvalue weighted by molar-refractivity contribution is 5.97. The number of carbonyl (C=O) groups excluding carboxylic acids is 1. The molecule has 1 fully saturated rings. The van der Waals surface area contributed by atoms with E-state index in [1.165, 1.54) is 30.4 Å². The number of amides is 1. The Bertz CT molecular complexity index is 534. The summed E-state index contributed by atoms with van der Waals surface area (Å²) in [6.07, 6.45) is 8.80. The van der Waals surface area contributed by atoms with Gasteiger partial charge in [0.15, 0.2) is 0 Å². The minimum atomic E-state index is 0.236. The number of anilines is 1. The first-order chi connectivity index (χ1) is 10.7. The van der Waals surface area contributed by atoms with Gasteiger partial charge in [-0.2, -0.15) is 0 Å². The first-order valence-corrected chi connectivity index (χ1v) is 8.87. The van der Waals surface area contributed by atoms with Gasteiger partial charge in [-0.1, -0.05) is 38.3 Å². The molecule has 0 bridgehead atoms. The standard InChI is InChI=1S/C19H28N2O/c1-2-17(20)13-14-8-9-18-16(12-14)10-11-21(18)19(22)15-6-4-3-5-7-15/h8-9,12,15,17H,2-7,10-11,13,20H2,1H3. The lowest BCUT2D eigenvalue weighted by atomic mass is 9.88. The van der Waals surface area contributed by atoms with Crippen LogP contribution >= 0.6 is 0 Å². The van der Waals surface area contributed by atoms with Crippen LogP contribution in [0.5, 0.6) is 0 Å². The Morgan fingerprint density at radius 2 is 2.09 bits per heavy atom. The quantitative estimate of drug-likeness (QED) is 0.926. The smallest absolute Gasteiger partial charge is 0.230 e. The van der Waals surface area contributed by atoms with Crippen LogP contribution in [0.1, 0.15) is 56.6 Å². The Morgan fingerprint density at radius 1 is 1.32 bits per heavy atom. The third kappa shape index (κ3) is 3.19. The van der Waals surface area contributed by atoms with Crippen molar-refractivity contribution in [1.82, 2.24) is 0 Å². The van der Waals surface area contributed by atoms with Crippen LogP contribution in [0.4, 0.5) is 5.69 Å². The number of hydrogen-bond donors (Lipinski definition) is 1. The summed E-state index contributed by atoms with van der Waals surface area (Å²) in [7, 11) is 0. The fourth-order valence-corrected chi connectivity index (χ4v) is 3.83. The second-order valence-corrected chi connectivity index (χ2v) is 6.91. The van der Waals surface area contributed by atoms with E-state index in [9.17, 15) is 4.79 Å². The maximum atomic E-state index is 12.8. The number of hydrogen-bond acceptors (Lipinski definition) is 2. The normalized spacial score (nSPS) is 20.0. The minimum Gasteiger partial charge on any atom is -0.327 e. The highest BCUT2D eigenvalue weighted by Crippen LogP contribution is 2.33. The van der Waals surface area contributed by atoms with Crippen LogP contribution in [0.25, 0.3) is 0 Å². The maximum Gasteiger partial charge on any atom is 0.230 e. The van der Waals surface area contributed by atoms with Crippen LogP contribution in [0.15, 0.2) is 18.2 Å². The van der Waals surface area contributed by atoms with Gasteiger partial charge in [-0.25, -0.2) is 0 Å². The predicted octanol–water partition coefficient (Wildman–Crippen LogP) is 3.44. The summed E-state index contributed by atoms with van der Waals surface area (Å²) in [4.78, 5) is 14.8. The number of carbonyl (C=O) groups is 1. The molecule has 1 unspecified atom stereocenters. The van der Waals surface area contributed by atoms with Crippen molar-refractivity contribution in [3.05, 3.63) is 29.3 Å². The minimum absolute atomic E-state index is 0.236. The van der Waals surface area contributed by atoms with Crippen molar-refractivity contribution < 1.29 is 4.79 Å². The summed E-state index contributed by atoms with van der Waals surface area (Å²) < 4.78 is 0. The molecule has 1 amide bonds. The van der Waals surface area contributed by atoms with E-state index in [1.807, 2.05) is 4.90 Å². The van der Waals surface area contributed by atoms with E-state index in [0.717, 1.165) is 44.3 Å². The number of fused-ring (bicyclic) bond motifs is 1. The highest BCUT2D eigenvalue weighted by Gasteiger charge is 2.30. The van der Waals surface area contributed by atoms with Gasteiger partial charge < -0.3 is 10.6 Å². The molecule has 0 spiro atoms. The Balaban J connectivity index is 1.73. The molecular formula is C19H28N2O. The van der Waals surface area contributed by atoms with Crippen molar-refractivity contribution in [2.75, 3.05) is 11.4 Å². The molecule has 1 saturated carbocycles. The van der Waals surface area contributed by atoms with E-state index in [0.29, 0.717) is 5.91 Å². The topological polar surface area (TPSA) is 46.3 Å². The molecule has 3 rings (SSSR count). The molecule has 120 valence electrons. The molecule has 2 N–H and O–H groups in total. The van der Waals surface area contributed by atoms with E-state index < -0.39 is 0 Å². The van der Waals surface area contributed by atoms with E-state index in [1.54, 1.807) is 0 Å². The average molecular weight is 300 g/mol. The number of rotatable bonds is 4. The predicted molar refractivity (Wildman–Crippen MR) is 91.0 cm³/mol. The third-order valence-corrected chi connectivity index (χ3v) is 5.28. The van der Waals surface area contributed by atoms with Crippen LogP contribution in [0.2, 0.25) is 0 Å². The largest absolute Gasteiger partial charge is 0.327 e. The molecule has 2 aliphatic rings. The second kappa shape index (κ2) is 6.82. The number of nitrogens with zero attached hydrogens (tertiary/aromatic N) is 1. The molecule has 1 aromatic carbocycles. The number of nitrogens with two attached hydrogens (primary N) is 1. The fraction of sp³-hybridized carbons (Fsp3) is 0.632. The average Bonchev–Trinajstić information content (AvgIpc) is 2.98. The molecule has 0 saturated heterocycles. The summed E-state index contributed by atoms with van der Waals surface area (Å²) in [6.45, 7) is 2.98. The molecule has 0 aromatic heterocycles. The molecule has 1 atom stereocenters. The highest BCUT2D eigenvalue weighted by atomic mass is 16.2. The van der Waals surface area contributed by atoms with Crippen molar-refractivity contribution in [1.29, 1.82) is 0 Å². The van der Waals surface area contributed by atoms with Gasteiger partial charge in [0.25, 0.3) is 0 Å². The molecule has 1 heterocycles.